The maximum Gasteiger partial charge on any atom is 0.143 e. The Morgan fingerprint density at radius 3 is 2.76 bits per heavy atom. The van der Waals surface area contributed by atoms with E-state index in [9.17, 15) is 5.26 Å². The third-order valence-corrected chi connectivity index (χ3v) is 5.59. The van der Waals surface area contributed by atoms with Crippen LogP contribution in [0.5, 0.6) is 5.75 Å². The van der Waals surface area contributed by atoms with Gasteiger partial charge in [-0.15, -0.1) is 0 Å². The van der Waals surface area contributed by atoms with Gasteiger partial charge in [0.2, 0.25) is 0 Å². The van der Waals surface area contributed by atoms with Crippen LogP contribution in [-0.2, 0) is 4.74 Å². The van der Waals surface area contributed by atoms with Crippen molar-refractivity contribution in [1.82, 2.24) is 15.0 Å². The minimum absolute atomic E-state index is 0.154. The molecule has 162 valence electrons. The Hall–Kier alpha value is -4.40. The normalized spacial score (nSPS) is 15.7. The van der Waals surface area contributed by atoms with Gasteiger partial charge < -0.3 is 19.4 Å². The fraction of sp³-hybridized carbons (Fsp3) is 0.200. The number of nitriles is 2. The first-order valence-corrected chi connectivity index (χ1v) is 10.6. The predicted octanol–water partition coefficient (Wildman–Crippen LogP) is 3.65. The van der Waals surface area contributed by atoms with Crippen LogP contribution in [0, 0.1) is 22.7 Å². The lowest BCUT2D eigenvalue weighted by molar-refractivity contribution is 0.0101. The highest BCUT2D eigenvalue weighted by molar-refractivity contribution is 6.01. The van der Waals surface area contributed by atoms with Crippen molar-refractivity contribution in [2.45, 2.75) is 6.10 Å². The number of aromatic amines is 1. The zero-order chi connectivity index (χ0) is 22.6. The van der Waals surface area contributed by atoms with E-state index in [1.807, 2.05) is 30.5 Å². The van der Waals surface area contributed by atoms with Crippen molar-refractivity contribution >= 4 is 16.9 Å². The molecule has 3 heterocycles. The zero-order valence-corrected chi connectivity index (χ0v) is 17.7. The van der Waals surface area contributed by atoms with Gasteiger partial charge in [-0.05, 0) is 35.9 Å². The molecule has 8 heteroatoms. The minimum atomic E-state index is -0.154. The second-order valence-electron chi connectivity index (χ2n) is 7.71. The summed E-state index contributed by atoms with van der Waals surface area (Å²) < 4.78 is 11.8. The summed E-state index contributed by atoms with van der Waals surface area (Å²) in [5.74, 6) is 1.46. The fourth-order valence-corrected chi connectivity index (χ4v) is 4.03. The molecule has 1 aliphatic heterocycles. The first kappa shape index (κ1) is 20.5. The number of anilines is 1. The molecule has 0 aliphatic carbocycles. The van der Waals surface area contributed by atoms with Crippen LogP contribution >= 0.6 is 0 Å². The first-order chi connectivity index (χ1) is 16.2. The van der Waals surface area contributed by atoms with Crippen LogP contribution in [0.3, 0.4) is 0 Å². The largest absolute Gasteiger partial charge is 0.491 e. The van der Waals surface area contributed by atoms with Crippen molar-refractivity contribution in [3.8, 4) is 29.0 Å². The summed E-state index contributed by atoms with van der Waals surface area (Å²) in [6.45, 7) is 2.20. The lowest BCUT2D eigenvalue weighted by Gasteiger charge is -2.34. The van der Waals surface area contributed by atoms with Gasteiger partial charge in [0.1, 0.15) is 36.3 Å². The van der Waals surface area contributed by atoms with Crippen LogP contribution in [0.1, 0.15) is 11.1 Å². The van der Waals surface area contributed by atoms with Gasteiger partial charge in [0.05, 0.1) is 35.3 Å². The molecule has 1 unspecified atom stereocenters. The highest BCUT2D eigenvalue weighted by atomic mass is 16.5. The van der Waals surface area contributed by atoms with E-state index < -0.39 is 0 Å². The molecule has 0 radical (unpaired) electrons. The number of H-pyrrole nitrogens is 1. The van der Waals surface area contributed by atoms with E-state index in [0.717, 1.165) is 28.0 Å². The van der Waals surface area contributed by atoms with Crippen LogP contribution in [0.4, 0.5) is 5.82 Å². The number of hydrogen-bond acceptors (Lipinski definition) is 7. The summed E-state index contributed by atoms with van der Waals surface area (Å²) in [4.78, 5) is 14.4. The third kappa shape index (κ3) is 4.20. The summed E-state index contributed by atoms with van der Waals surface area (Å²) in [5, 5.41) is 19.3. The van der Waals surface area contributed by atoms with Gasteiger partial charge in [-0.3, -0.25) is 0 Å². The Bertz CT molecular complexity index is 1380. The molecule has 0 bridgehead atoms. The number of ether oxygens (including phenoxy) is 2. The van der Waals surface area contributed by atoms with E-state index in [1.165, 1.54) is 0 Å². The van der Waals surface area contributed by atoms with Gasteiger partial charge >= 0.3 is 0 Å². The number of fused-ring (bicyclic) bond motifs is 1. The molecule has 8 nitrogen and oxygen atoms in total. The van der Waals surface area contributed by atoms with Crippen LogP contribution in [-0.4, -0.2) is 47.4 Å². The smallest absolute Gasteiger partial charge is 0.143 e. The van der Waals surface area contributed by atoms with E-state index in [-0.39, 0.29) is 6.10 Å². The van der Waals surface area contributed by atoms with Gasteiger partial charge in [-0.1, -0.05) is 18.2 Å². The summed E-state index contributed by atoms with van der Waals surface area (Å²) >= 11 is 0. The quantitative estimate of drug-likeness (QED) is 0.508. The summed E-state index contributed by atoms with van der Waals surface area (Å²) in [6, 6.07) is 18.9. The van der Waals surface area contributed by atoms with Gasteiger partial charge in [0.25, 0.3) is 0 Å². The topological polar surface area (TPSA) is 111 Å². The van der Waals surface area contributed by atoms with E-state index in [0.29, 0.717) is 43.2 Å². The van der Waals surface area contributed by atoms with E-state index in [2.05, 4.69) is 32.0 Å². The van der Waals surface area contributed by atoms with E-state index >= 15 is 0 Å². The van der Waals surface area contributed by atoms with Crippen molar-refractivity contribution in [1.29, 1.82) is 10.5 Å². The maximum absolute atomic E-state index is 9.29. The molecule has 2 aromatic carbocycles. The van der Waals surface area contributed by atoms with Crippen molar-refractivity contribution in [2.75, 3.05) is 31.2 Å². The van der Waals surface area contributed by atoms with Crippen molar-refractivity contribution in [3.63, 3.8) is 0 Å². The maximum atomic E-state index is 9.29. The Balaban J connectivity index is 1.40. The van der Waals surface area contributed by atoms with Crippen LogP contribution in [0.2, 0.25) is 0 Å². The van der Waals surface area contributed by atoms with Crippen molar-refractivity contribution in [2.24, 2.45) is 0 Å². The van der Waals surface area contributed by atoms with Gasteiger partial charge in [-0.25, -0.2) is 9.97 Å². The molecule has 1 N–H and O–H groups in total. The van der Waals surface area contributed by atoms with Gasteiger partial charge in [0.15, 0.2) is 0 Å². The van der Waals surface area contributed by atoms with Crippen LogP contribution in [0.15, 0.2) is 61.1 Å². The number of rotatable bonds is 5. The molecule has 1 saturated heterocycles. The molecule has 1 fully saturated rings. The molecule has 1 aliphatic rings. The second-order valence-corrected chi connectivity index (χ2v) is 7.71. The molecule has 1 atom stereocenters. The average molecular weight is 436 g/mol. The summed E-state index contributed by atoms with van der Waals surface area (Å²) in [5.41, 5.74) is 3.78. The first-order valence-electron chi connectivity index (χ1n) is 10.6. The van der Waals surface area contributed by atoms with Gasteiger partial charge in [0, 0.05) is 24.8 Å². The number of aromatic nitrogens is 3. The zero-order valence-electron chi connectivity index (χ0n) is 17.7. The predicted molar refractivity (Wildman–Crippen MR) is 123 cm³/mol. The Morgan fingerprint density at radius 1 is 1.09 bits per heavy atom. The highest BCUT2D eigenvalue weighted by Gasteiger charge is 2.25. The summed E-state index contributed by atoms with van der Waals surface area (Å²) in [7, 11) is 0. The lowest BCUT2D eigenvalue weighted by atomic mass is 10.0. The second kappa shape index (κ2) is 8.99. The highest BCUT2D eigenvalue weighted by Crippen LogP contribution is 2.34. The van der Waals surface area contributed by atoms with Crippen LogP contribution < -0.4 is 9.64 Å². The molecule has 5 rings (SSSR count). The fourth-order valence-electron chi connectivity index (χ4n) is 4.03. The van der Waals surface area contributed by atoms with Crippen molar-refractivity contribution < 1.29 is 9.47 Å². The number of nitrogens with zero attached hydrogens (tertiary/aromatic N) is 5. The monoisotopic (exact) mass is 436 g/mol. The average Bonchev–Trinajstić information content (AvgIpc) is 3.32. The van der Waals surface area contributed by atoms with Crippen molar-refractivity contribution in [3.05, 3.63) is 72.2 Å². The molecular weight excluding hydrogens is 416 g/mol. The molecule has 2 aromatic heterocycles. The Labute approximate surface area is 190 Å². The SMILES string of the molecule is N#Cc1cccc(OCC2CN(c3ncnc4[nH]cc(-c5cccc(C#N)c5)c34)CCO2)c1. The van der Waals surface area contributed by atoms with Gasteiger partial charge in [-0.2, -0.15) is 10.5 Å². The third-order valence-electron chi connectivity index (χ3n) is 5.59. The molecule has 0 saturated carbocycles. The number of nitrogens with one attached hydrogen (secondary N) is 1. The Kier molecular flexibility index (Phi) is 5.59. The number of morpholine rings is 1. The lowest BCUT2D eigenvalue weighted by Crippen LogP contribution is -2.45. The number of benzene rings is 2. The van der Waals surface area contributed by atoms with E-state index in [4.69, 9.17) is 14.7 Å². The molecule has 0 amide bonds. The Morgan fingerprint density at radius 2 is 1.91 bits per heavy atom. The molecule has 0 spiro atoms. The summed E-state index contributed by atoms with van der Waals surface area (Å²) in [6.07, 6.45) is 3.31. The molecule has 33 heavy (non-hydrogen) atoms. The molecule has 4 aromatic rings. The molecular formula is C25H20N6O2. The van der Waals surface area contributed by atoms with Crippen LogP contribution in [0.25, 0.3) is 22.2 Å². The number of hydrogen-bond donors (Lipinski definition) is 1. The van der Waals surface area contributed by atoms with E-state index in [1.54, 1.807) is 30.6 Å². The standard InChI is InChI=1S/C25H20N6O2/c26-11-17-3-1-5-19(9-17)22-13-28-24-23(22)25(30-16-29-24)31-7-8-32-21(14-31)15-33-20-6-2-4-18(10-20)12-27/h1-6,9-10,13,16,21H,7-8,14-15H2,(H,28,29,30). The minimum Gasteiger partial charge on any atom is -0.491 e.